The number of rotatable bonds is 9. The molecule has 0 bridgehead atoms. The van der Waals surface area contributed by atoms with E-state index in [1.54, 1.807) is 0 Å². The number of hydrogen-bond acceptors (Lipinski definition) is 3. The van der Waals surface area contributed by atoms with Crippen molar-refractivity contribution in [3.05, 3.63) is 35.9 Å². The molecule has 1 N–H and O–H groups in total. The summed E-state index contributed by atoms with van der Waals surface area (Å²) >= 11 is 1.99. The molecular weight excluding hydrogens is 228 g/mol. The fourth-order valence-electron chi connectivity index (χ4n) is 1.66. The first-order valence-corrected chi connectivity index (χ1v) is 7.49. The van der Waals surface area contributed by atoms with Crippen LogP contribution >= 0.6 is 11.8 Å². The van der Waals surface area contributed by atoms with E-state index in [9.17, 15) is 0 Å². The van der Waals surface area contributed by atoms with Crippen LogP contribution in [0.25, 0.3) is 0 Å². The molecule has 0 unspecified atom stereocenters. The highest BCUT2D eigenvalue weighted by Gasteiger charge is 1.98. The van der Waals surface area contributed by atoms with Gasteiger partial charge in [0.25, 0.3) is 0 Å². The van der Waals surface area contributed by atoms with E-state index < -0.39 is 0 Å². The maximum Gasteiger partial charge on any atom is 0.0231 e. The summed E-state index contributed by atoms with van der Waals surface area (Å²) in [5.74, 6) is 2.44. The Labute approximate surface area is 110 Å². The van der Waals surface area contributed by atoms with E-state index in [1.165, 1.54) is 17.1 Å². The van der Waals surface area contributed by atoms with Crippen LogP contribution in [0.5, 0.6) is 0 Å². The van der Waals surface area contributed by atoms with Gasteiger partial charge < -0.3 is 10.2 Å². The van der Waals surface area contributed by atoms with E-state index >= 15 is 0 Å². The summed E-state index contributed by atoms with van der Waals surface area (Å²) in [4.78, 5) is 2.36. The number of hydrogen-bond donors (Lipinski definition) is 1. The minimum absolute atomic E-state index is 1.03. The number of thioether (sulfide) groups is 1. The second-order valence-electron chi connectivity index (χ2n) is 4.17. The number of nitrogens with one attached hydrogen (secondary N) is 1. The summed E-state index contributed by atoms with van der Waals surface area (Å²) in [6.45, 7) is 6.54. The molecule has 0 heterocycles. The molecule has 96 valence electrons. The molecular formula is C14H24N2S. The molecule has 1 aromatic carbocycles. The Kier molecular flexibility index (Phi) is 8.14. The number of nitrogens with zero attached hydrogens (tertiary/aromatic N) is 1. The zero-order chi connectivity index (χ0) is 12.3. The molecule has 0 atom stereocenters. The fourth-order valence-corrected chi connectivity index (χ4v) is 2.24. The normalized spacial score (nSPS) is 11.0. The lowest BCUT2D eigenvalue weighted by Crippen LogP contribution is -2.30. The highest BCUT2D eigenvalue weighted by molar-refractivity contribution is 7.99. The van der Waals surface area contributed by atoms with Crippen LogP contribution in [0.3, 0.4) is 0 Å². The Morgan fingerprint density at radius 1 is 1.18 bits per heavy atom. The summed E-state index contributed by atoms with van der Waals surface area (Å²) in [5, 5.41) is 3.47. The zero-order valence-electron chi connectivity index (χ0n) is 11.0. The summed E-state index contributed by atoms with van der Waals surface area (Å²) in [6, 6.07) is 10.6. The summed E-state index contributed by atoms with van der Waals surface area (Å²) in [6.07, 6.45) is 0. The van der Waals surface area contributed by atoms with Crippen molar-refractivity contribution < 1.29 is 0 Å². The quantitative estimate of drug-likeness (QED) is 0.680. The van der Waals surface area contributed by atoms with Crippen molar-refractivity contribution in [1.82, 2.24) is 10.2 Å². The predicted octanol–water partition coefficient (Wildman–Crippen LogP) is 2.46. The van der Waals surface area contributed by atoms with Crippen molar-refractivity contribution in [3.63, 3.8) is 0 Å². The molecule has 1 aromatic rings. The van der Waals surface area contributed by atoms with Crippen molar-refractivity contribution in [3.8, 4) is 0 Å². The van der Waals surface area contributed by atoms with E-state index in [0.29, 0.717) is 0 Å². The first-order chi connectivity index (χ1) is 8.33. The highest BCUT2D eigenvalue weighted by Crippen LogP contribution is 2.01. The second kappa shape index (κ2) is 9.51. The van der Waals surface area contributed by atoms with Gasteiger partial charge in [-0.2, -0.15) is 11.8 Å². The van der Waals surface area contributed by atoms with Crippen molar-refractivity contribution in [2.24, 2.45) is 0 Å². The molecule has 0 saturated carbocycles. The summed E-state index contributed by atoms with van der Waals surface area (Å²) in [5.41, 5.74) is 1.39. The monoisotopic (exact) mass is 252 g/mol. The smallest absolute Gasteiger partial charge is 0.0231 e. The van der Waals surface area contributed by atoms with Crippen LogP contribution in [0.15, 0.2) is 30.3 Å². The maximum atomic E-state index is 3.47. The molecule has 0 amide bonds. The van der Waals surface area contributed by atoms with E-state index in [1.807, 2.05) is 11.8 Å². The van der Waals surface area contributed by atoms with Crippen molar-refractivity contribution in [2.45, 2.75) is 13.5 Å². The molecule has 0 aliphatic rings. The van der Waals surface area contributed by atoms with Gasteiger partial charge in [-0.15, -0.1) is 0 Å². The van der Waals surface area contributed by atoms with Gasteiger partial charge in [-0.1, -0.05) is 37.3 Å². The van der Waals surface area contributed by atoms with E-state index in [4.69, 9.17) is 0 Å². The zero-order valence-corrected chi connectivity index (χ0v) is 11.8. The third-order valence-electron chi connectivity index (χ3n) is 2.59. The standard InChI is InChI=1S/C14H24N2S/c1-3-17-12-10-15-9-11-16(2)13-14-7-5-4-6-8-14/h4-8,15H,3,9-13H2,1-2H3. The Hall–Kier alpha value is -0.510. The van der Waals surface area contributed by atoms with Gasteiger partial charge in [-0.05, 0) is 18.4 Å². The molecule has 1 rings (SSSR count). The van der Waals surface area contributed by atoms with Gasteiger partial charge in [0.05, 0.1) is 0 Å². The van der Waals surface area contributed by atoms with Crippen molar-refractivity contribution in [1.29, 1.82) is 0 Å². The van der Waals surface area contributed by atoms with Crippen LogP contribution in [0.4, 0.5) is 0 Å². The van der Waals surface area contributed by atoms with Gasteiger partial charge in [0, 0.05) is 31.9 Å². The van der Waals surface area contributed by atoms with E-state index in [2.05, 4.69) is 54.5 Å². The lowest BCUT2D eigenvalue weighted by atomic mass is 10.2. The minimum atomic E-state index is 1.03. The van der Waals surface area contributed by atoms with Crippen LogP contribution in [0.1, 0.15) is 12.5 Å². The van der Waals surface area contributed by atoms with Gasteiger partial charge in [-0.3, -0.25) is 0 Å². The first-order valence-electron chi connectivity index (χ1n) is 6.34. The molecule has 17 heavy (non-hydrogen) atoms. The van der Waals surface area contributed by atoms with Crippen LogP contribution < -0.4 is 5.32 Å². The van der Waals surface area contributed by atoms with Crippen LogP contribution in [0, 0.1) is 0 Å². The van der Waals surface area contributed by atoms with Gasteiger partial charge in [0.15, 0.2) is 0 Å². The SMILES string of the molecule is CCSCCNCCN(C)Cc1ccccc1. The second-order valence-corrected chi connectivity index (χ2v) is 5.56. The van der Waals surface area contributed by atoms with Gasteiger partial charge >= 0.3 is 0 Å². The Bertz CT molecular complexity index is 277. The fraction of sp³-hybridized carbons (Fsp3) is 0.571. The first kappa shape index (κ1) is 14.6. The van der Waals surface area contributed by atoms with Crippen molar-refractivity contribution >= 4 is 11.8 Å². The Balaban J connectivity index is 2.03. The molecule has 0 radical (unpaired) electrons. The summed E-state index contributed by atoms with van der Waals surface area (Å²) < 4.78 is 0. The van der Waals surface area contributed by atoms with Crippen molar-refractivity contribution in [2.75, 3.05) is 38.2 Å². The predicted molar refractivity (Wildman–Crippen MR) is 78.6 cm³/mol. The van der Waals surface area contributed by atoms with Crippen LogP contribution in [0.2, 0.25) is 0 Å². The number of likely N-dealkylation sites (N-methyl/N-ethyl adjacent to an activating group) is 1. The molecule has 0 aliphatic carbocycles. The van der Waals surface area contributed by atoms with Crippen LogP contribution in [-0.4, -0.2) is 43.1 Å². The number of benzene rings is 1. The van der Waals surface area contributed by atoms with Gasteiger partial charge in [0.1, 0.15) is 0 Å². The highest BCUT2D eigenvalue weighted by atomic mass is 32.2. The molecule has 0 aliphatic heterocycles. The molecule has 0 spiro atoms. The third-order valence-corrected chi connectivity index (χ3v) is 3.49. The topological polar surface area (TPSA) is 15.3 Å². The average molecular weight is 252 g/mol. The minimum Gasteiger partial charge on any atom is -0.315 e. The molecule has 3 heteroatoms. The lowest BCUT2D eigenvalue weighted by molar-refractivity contribution is 0.326. The Morgan fingerprint density at radius 2 is 1.94 bits per heavy atom. The molecule has 0 aromatic heterocycles. The van der Waals surface area contributed by atoms with E-state index in [-0.39, 0.29) is 0 Å². The molecule has 0 saturated heterocycles. The third kappa shape index (κ3) is 7.42. The van der Waals surface area contributed by atoms with E-state index in [0.717, 1.165) is 26.2 Å². The largest absolute Gasteiger partial charge is 0.315 e. The van der Waals surface area contributed by atoms with Gasteiger partial charge in [-0.25, -0.2) is 0 Å². The van der Waals surface area contributed by atoms with Gasteiger partial charge in [0.2, 0.25) is 0 Å². The average Bonchev–Trinajstić information content (AvgIpc) is 2.35. The molecule has 2 nitrogen and oxygen atoms in total. The van der Waals surface area contributed by atoms with Crippen LogP contribution in [-0.2, 0) is 6.54 Å². The lowest BCUT2D eigenvalue weighted by Gasteiger charge is -2.16. The maximum absolute atomic E-state index is 3.47. The summed E-state index contributed by atoms with van der Waals surface area (Å²) in [7, 11) is 2.18. The molecule has 0 fully saturated rings. The Morgan fingerprint density at radius 3 is 2.65 bits per heavy atom.